The zero-order valence-corrected chi connectivity index (χ0v) is 10.7. The molecule has 0 saturated heterocycles. The van der Waals surface area contributed by atoms with Crippen molar-refractivity contribution in [3.8, 4) is 0 Å². The molecule has 1 aliphatic heterocycles. The first-order valence-electron chi connectivity index (χ1n) is 5.41. The lowest BCUT2D eigenvalue weighted by Crippen LogP contribution is -2.01. The maximum Gasteiger partial charge on any atom is 0.339 e. The van der Waals surface area contributed by atoms with Gasteiger partial charge in [-0.2, -0.15) is 0 Å². The van der Waals surface area contributed by atoms with E-state index in [1.54, 1.807) is 24.3 Å². The summed E-state index contributed by atoms with van der Waals surface area (Å²) in [5.74, 6) is -0.327. The van der Waals surface area contributed by atoms with E-state index in [0.29, 0.717) is 21.2 Å². The highest BCUT2D eigenvalue weighted by molar-refractivity contribution is 6.33. The fraction of sp³-hybridized carbons (Fsp3) is 0.0714. The number of carbonyl (C=O) groups is 1. The van der Waals surface area contributed by atoms with Crippen LogP contribution in [0.1, 0.15) is 27.6 Å². The Labute approximate surface area is 114 Å². The molecule has 0 fully saturated rings. The first-order valence-corrected chi connectivity index (χ1v) is 6.17. The monoisotopic (exact) mass is 278 g/mol. The Morgan fingerprint density at radius 2 is 1.78 bits per heavy atom. The number of halogens is 2. The van der Waals surface area contributed by atoms with E-state index in [-0.39, 0.29) is 5.97 Å². The van der Waals surface area contributed by atoms with E-state index < -0.39 is 6.10 Å². The molecule has 1 aliphatic rings. The number of cyclic esters (lactones) is 1. The Bertz CT molecular complexity index is 637. The molecule has 0 aromatic heterocycles. The number of fused-ring (bicyclic) bond motifs is 1. The average molecular weight is 279 g/mol. The number of carbonyl (C=O) groups excluding carboxylic acids is 1. The van der Waals surface area contributed by atoms with Gasteiger partial charge in [-0.05, 0) is 24.3 Å². The second kappa shape index (κ2) is 4.30. The average Bonchev–Trinajstić information content (AvgIpc) is 2.71. The number of rotatable bonds is 1. The second-order valence-electron chi connectivity index (χ2n) is 4.04. The Balaban J connectivity index is 2.15. The SMILES string of the molecule is O=C1OC(c2cc(Cl)ccc2Cl)c2ccccc21. The van der Waals surface area contributed by atoms with Gasteiger partial charge in [0.2, 0.25) is 0 Å². The minimum atomic E-state index is -0.472. The zero-order chi connectivity index (χ0) is 12.7. The molecule has 1 unspecified atom stereocenters. The molecule has 0 saturated carbocycles. The van der Waals surface area contributed by atoms with Crippen molar-refractivity contribution in [2.75, 3.05) is 0 Å². The van der Waals surface area contributed by atoms with Crippen molar-refractivity contribution in [2.45, 2.75) is 6.10 Å². The van der Waals surface area contributed by atoms with Gasteiger partial charge in [0, 0.05) is 21.2 Å². The summed E-state index contributed by atoms with van der Waals surface area (Å²) in [5, 5.41) is 1.10. The maximum atomic E-state index is 11.7. The number of esters is 1. The molecule has 0 radical (unpaired) electrons. The Morgan fingerprint density at radius 3 is 2.61 bits per heavy atom. The van der Waals surface area contributed by atoms with Gasteiger partial charge in [0.25, 0.3) is 0 Å². The summed E-state index contributed by atoms with van der Waals surface area (Å²) in [6.45, 7) is 0. The van der Waals surface area contributed by atoms with Crippen LogP contribution in [0, 0.1) is 0 Å². The molecule has 90 valence electrons. The van der Waals surface area contributed by atoms with Gasteiger partial charge in [-0.3, -0.25) is 0 Å². The van der Waals surface area contributed by atoms with E-state index in [1.807, 2.05) is 18.2 Å². The predicted octanol–water partition coefficient (Wildman–Crippen LogP) is 4.25. The summed E-state index contributed by atoms with van der Waals surface area (Å²) in [7, 11) is 0. The van der Waals surface area contributed by atoms with Gasteiger partial charge in [0.05, 0.1) is 5.56 Å². The number of ether oxygens (including phenoxy) is 1. The van der Waals surface area contributed by atoms with E-state index in [2.05, 4.69) is 0 Å². The first kappa shape index (κ1) is 11.6. The van der Waals surface area contributed by atoms with Crippen LogP contribution in [0.4, 0.5) is 0 Å². The van der Waals surface area contributed by atoms with Crippen molar-refractivity contribution in [1.29, 1.82) is 0 Å². The topological polar surface area (TPSA) is 26.3 Å². The fourth-order valence-corrected chi connectivity index (χ4v) is 2.49. The van der Waals surface area contributed by atoms with Gasteiger partial charge in [-0.1, -0.05) is 41.4 Å². The standard InChI is InChI=1S/C14H8Cl2O2/c15-8-5-6-12(16)11(7-8)13-9-3-1-2-4-10(9)14(17)18-13/h1-7,13H. The predicted molar refractivity (Wildman–Crippen MR) is 70.2 cm³/mol. The molecule has 2 aromatic carbocycles. The zero-order valence-electron chi connectivity index (χ0n) is 9.19. The van der Waals surface area contributed by atoms with Gasteiger partial charge in [-0.15, -0.1) is 0 Å². The van der Waals surface area contributed by atoms with Crippen LogP contribution in [-0.4, -0.2) is 5.97 Å². The molecule has 0 bridgehead atoms. The lowest BCUT2D eigenvalue weighted by molar-refractivity contribution is 0.0456. The van der Waals surface area contributed by atoms with Crippen molar-refractivity contribution in [1.82, 2.24) is 0 Å². The smallest absolute Gasteiger partial charge is 0.339 e. The van der Waals surface area contributed by atoms with Crippen molar-refractivity contribution in [3.63, 3.8) is 0 Å². The van der Waals surface area contributed by atoms with Crippen molar-refractivity contribution in [3.05, 3.63) is 69.2 Å². The minimum absolute atomic E-state index is 0.327. The summed E-state index contributed by atoms with van der Waals surface area (Å²) in [6, 6.07) is 12.4. The third-order valence-electron chi connectivity index (χ3n) is 2.93. The van der Waals surface area contributed by atoms with Gasteiger partial charge in [0.15, 0.2) is 6.10 Å². The molecule has 0 aliphatic carbocycles. The molecule has 1 heterocycles. The number of hydrogen-bond donors (Lipinski definition) is 0. The molecule has 0 amide bonds. The molecule has 4 heteroatoms. The van der Waals surface area contributed by atoms with Gasteiger partial charge >= 0.3 is 5.97 Å². The van der Waals surface area contributed by atoms with Crippen LogP contribution in [-0.2, 0) is 4.74 Å². The van der Waals surface area contributed by atoms with Crippen molar-refractivity contribution >= 4 is 29.2 Å². The third kappa shape index (κ3) is 1.78. The molecule has 3 rings (SSSR count). The number of benzene rings is 2. The summed E-state index contributed by atoms with van der Waals surface area (Å²) < 4.78 is 5.37. The van der Waals surface area contributed by atoms with Crippen LogP contribution < -0.4 is 0 Å². The Morgan fingerprint density at radius 1 is 1.00 bits per heavy atom. The van der Waals surface area contributed by atoms with Crippen molar-refractivity contribution in [2.24, 2.45) is 0 Å². The van der Waals surface area contributed by atoms with E-state index in [0.717, 1.165) is 5.56 Å². The van der Waals surface area contributed by atoms with E-state index in [9.17, 15) is 4.79 Å². The van der Waals surface area contributed by atoms with Gasteiger partial charge in [0.1, 0.15) is 0 Å². The molecule has 0 N–H and O–H groups in total. The number of hydrogen-bond acceptors (Lipinski definition) is 2. The van der Waals surface area contributed by atoms with Crippen LogP contribution in [0.2, 0.25) is 10.0 Å². The normalized spacial score (nSPS) is 17.4. The summed E-state index contributed by atoms with van der Waals surface area (Å²) >= 11 is 12.1. The highest BCUT2D eigenvalue weighted by atomic mass is 35.5. The van der Waals surface area contributed by atoms with E-state index in [4.69, 9.17) is 27.9 Å². The van der Waals surface area contributed by atoms with Gasteiger partial charge < -0.3 is 4.74 Å². The molecule has 18 heavy (non-hydrogen) atoms. The highest BCUT2D eigenvalue weighted by Gasteiger charge is 2.32. The summed E-state index contributed by atoms with van der Waals surface area (Å²) in [5.41, 5.74) is 2.12. The molecule has 2 aromatic rings. The summed E-state index contributed by atoms with van der Waals surface area (Å²) in [6.07, 6.45) is -0.472. The quantitative estimate of drug-likeness (QED) is 0.729. The third-order valence-corrected chi connectivity index (χ3v) is 3.51. The van der Waals surface area contributed by atoms with Crippen LogP contribution in [0.25, 0.3) is 0 Å². The van der Waals surface area contributed by atoms with Crippen LogP contribution in [0.3, 0.4) is 0 Å². The van der Waals surface area contributed by atoms with Gasteiger partial charge in [-0.25, -0.2) is 4.79 Å². The Kier molecular flexibility index (Phi) is 2.77. The van der Waals surface area contributed by atoms with Crippen LogP contribution in [0.5, 0.6) is 0 Å². The molecule has 1 atom stereocenters. The minimum Gasteiger partial charge on any atom is -0.449 e. The largest absolute Gasteiger partial charge is 0.449 e. The maximum absolute atomic E-state index is 11.7. The molecular weight excluding hydrogens is 271 g/mol. The molecular formula is C14H8Cl2O2. The van der Waals surface area contributed by atoms with Crippen molar-refractivity contribution < 1.29 is 9.53 Å². The fourth-order valence-electron chi connectivity index (χ4n) is 2.09. The summed E-state index contributed by atoms with van der Waals surface area (Å²) in [4.78, 5) is 11.7. The van der Waals surface area contributed by atoms with Crippen LogP contribution >= 0.6 is 23.2 Å². The van der Waals surface area contributed by atoms with Crippen LogP contribution in [0.15, 0.2) is 42.5 Å². The molecule has 0 spiro atoms. The highest BCUT2D eigenvalue weighted by Crippen LogP contribution is 2.39. The lowest BCUT2D eigenvalue weighted by atomic mass is 9.99. The van der Waals surface area contributed by atoms with E-state index >= 15 is 0 Å². The van der Waals surface area contributed by atoms with E-state index in [1.165, 1.54) is 0 Å². The second-order valence-corrected chi connectivity index (χ2v) is 4.88. The first-order chi connectivity index (χ1) is 8.66. The molecule has 2 nitrogen and oxygen atoms in total. The Hall–Kier alpha value is -1.51. The lowest BCUT2D eigenvalue weighted by Gasteiger charge is -2.13.